The molecule has 1 saturated heterocycles. The maximum atomic E-state index is 12.7. The van der Waals surface area contributed by atoms with Crippen LogP contribution in [0.3, 0.4) is 0 Å². The first kappa shape index (κ1) is 21.0. The lowest BCUT2D eigenvalue weighted by molar-refractivity contribution is 0.0939. The summed E-state index contributed by atoms with van der Waals surface area (Å²) in [5.74, 6) is 1.32. The number of ether oxygens (including phenoxy) is 1. The van der Waals surface area contributed by atoms with Gasteiger partial charge in [0.1, 0.15) is 12.4 Å². The molecular formula is C25H32N2O2. The van der Waals surface area contributed by atoms with E-state index >= 15 is 0 Å². The SMILES string of the molecule is C=C(C)COc1cccc(C(=O)N[C@H](C)c2ccc(N3CCC[C@H](C)C3)cc2)c1. The van der Waals surface area contributed by atoms with Crippen LogP contribution in [0.5, 0.6) is 5.75 Å². The number of nitrogens with one attached hydrogen (secondary N) is 1. The molecule has 2 aromatic rings. The minimum atomic E-state index is -0.104. The molecule has 2 aromatic carbocycles. The number of benzene rings is 2. The van der Waals surface area contributed by atoms with E-state index in [1.807, 2.05) is 26.0 Å². The Hall–Kier alpha value is -2.75. The van der Waals surface area contributed by atoms with Crippen molar-refractivity contribution in [1.82, 2.24) is 5.32 Å². The Morgan fingerprint density at radius 1 is 1.28 bits per heavy atom. The van der Waals surface area contributed by atoms with Crippen LogP contribution >= 0.6 is 0 Å². The van der Waals surface area contributed by atoms with E-state index in [1.54, 1.807) is 12.1 Å². The number of carbonyl (C=O) groups excluding carboxylic acids is 1. The average molecular weight is 393 g/mol. The maximum Gasteiger partial charge on any atom is 0.251 e. The fourth-order valence-corrected chi connectivity index (χ4v) is 3.69. The van der Waals surface area contributed by atoms with Crippen molar-refractivity contribution in [3.8, 4) is 5.75 Å². The van der Waals surface area contributed by atoms with Gasteiger partial charge in [-0.15, -0.1) is 0 Å². The van der Waals surface area contributed by atoms with Gasteiger partial charge in [0, 0.05) is 24.3 Å². The van der Waals surface area contributed by atoms with Crippen LogP contribution in [0.2, 0.25) is 0 Å². The Kier molecular flexibility index (Phi) is 6.97. The van der Waals surface area contributed by atoms with Crippen molar-refractivity contribution in [2.24, 2.45) is 5.92 Å². The third-order valence-electron chi connectivity index (χ3n) is 5.34. The highest BCUT2D eigenvalue weighted by atomic mass is 16.5. The summed E-state index contributed by atoms with van der Waals surface area (Å²) >= 11 is 0. The first-order valence-corrected chi connectivity index (χ1v) is 10.5. The lowest BCUT2D eigenvalue weighted by atomic mass is 9.99. The summed E-state index contributed by atoms with van der Waals surface area (Å²) in [6.45, 7) is 12.8. The standard InChI is InChI=1S/C25H32N2O2/c1-18(2)17-29-24-9-5-8-22(15-24)25(28)26-20(4)21-10-12-23(13-11-21)27-14-6-7-19(3)16-27/h5,8-13,15,19-20H,1,6-7,14,16-17H2,2-4H3,(H,26,28)/t19-,20+/m0/s1. The van der Waals surface area contributed by atoms with Crippen LogP contribution in [0.25, 0.3) is 0 Å². The number of carbonyl (C=O) groups is 1. The van der Waals surface area contributed by atoms with E-state index in [0.29, 0.717) is 17.9 Å². The molecule has 1 aliphatic rings. The van der Waals surface area contributed by atoms with Gasteiger partial charge >= 0.3 is 0 Å². The third kappa shape index (κ3) is 5.86. The van der Waals surface area contributed by atoms with Crippen molar-refractivity contribution in [3.63, 3.8) is 0 Å². The van der Waals surface area contributed by atoms with E-state index in [9.17, 15) is 4.79 Å². The van der Waals surface area contributed by atoms with Gasteiger partial charge in [-0.1, -0.05) is 31.7 Å². The number of hydrogen-bond acceptors (Lipinski definition) is 3. The van der Waals surface area contributed by atoms with Gasteiger partial charge in [-0.3, -0.25) is 4.79 Å². The van der Waals surface area contributed by atoms with Gasteiger partial charge in [0.2, 0.25) is 0 Å². The normalized spacial score (nSPS) is 17.5. The molecular weight excluding hydrogens is 360 g/mol. The van der Waals surface area contributed by atoms with E-state index in [-0.39, 0.29) is 11.9 Å². The largest absolute Gasteiger partial charge is 0.489 e. The Bertz CT molecular complexity index is 844. The molecule has 29 heavy (non-hydrogen) atoms. The number of nitrogens with zero attached hydrogens (tertiary/aromatic N) is 1. The molecule has 2 atom stereocenters. The second-order valence-electron chi connectivity index (χ2n) is 8.25. The summed E-state index contributed by atoms with van der Waals surface area (Å²) in [4.78, 5) is 15.1. The fraction of sp³-hybridized carbons (Fsp3) is 0.400. The van der Waals surface area contributed by atoms with Crippen LogP contribution < -0.4 is 15.0 Å². The third-order valence-corrected chi connectivity index (χ3v) is 5.34. The summed E-state index contributed by atoms with van der Waals surface area (Å²) < 4.78 is 5.64. The fourth-order valence-electron chi connectivity index (χ4n) is 3.69. The van der Waals surface area contributed by atoms with Gasteiger partial charge in [-0.05, 0) is 74.1 Å². The molecule has 4 heteroatoms. The molecule has 0 spiro atoms. The van der Waals surface area contributed by atoms with Crippen LogP contribution in [-0.4, -0.2) is 25.6 Å². The second kappa shape index (κ2) is 9.64. The topological polar surface area (TPSA) is 41.6 Å². The highest BCUT2D eigenvalue weighted by Crippen LogP contribution is 2.25. The molecule has 3 rings (SSSR count). The molecule has 0 aromatic heterocycles. The van der Waals surface area contributed by atoms with Gasteiger partial charge in [-0.25, -0.2) is 0 Å². The minimum Gasteiger partial charge on any atom is -0.489 e. The van der Waals surface area contributed by atoms with E-state index in [0.717, 1.165) is 30.1 Å². The first-order valence-electron chi connectivity index (χ1n) is 10.5. The van der Waals surface area contributed by atoms with Gasteiger partial charge < -0.3 is 15.0 Å². The molecule has 1 fully saturated rings. The number of amides is 1. The maximum absolute atomic E-state index is 12.7. The molecule has 0 bridgehead atoms. The zero-order valence-corrected chi connectivity index (χ0v) is 17.8. The van der Waals surface area contributed by atoms with Gasteiger partial charge in [0.15, 0.2) is 0 Å². The number of piperidine rings is 1. The Balaban J connectivity index is 1.61. The lowest BCUT2D eigenvalue weighted by Crippen LogP contribution is -2.34. The van der Waals surface area contributed by atoms with Crippen LogP contribution in [0.1, 0.15) is 55.6 Å². The van der Waals surface area contributed by atoms with Crippen LogP contribution in [0, 0.1) is 5.92 Å². The van der Waals surface area contributed by atoms with Gasteiger partial charge in [0.05, 0.1) is 6.04 Å². The molecule has 154 valence electrons. The molecule has 0 saturated carbocycles. The van der Waals surface area contributed by atoms with Crippen molar-refractivity contribution in [2.75, 3.05) is 24.6 Å². The van der Waals surface area contributed by atoms with Crippen molar-refractivity contribution in [3.05, 3.63) is 71.8 Å². The number of anilines is 1. The molecule has 1 heterocycles. The highest BCUT2D eigenvalue weighted by Gasteiger charge is 2.17. The van der Waals surface area contributed by atoms with Crippen molar-refractivity contribution in [2.45, 2.75) is 39.7 Å². The van der Waals surface area contributed by atoms with E-state index < -0.39 is 0 Å². The molecule has 4 nitrogen and oxygen atoms in total. The predicted octanol–water partition coefficient (Wildman–Crippen LogP) is 5.37. The average Bonchev–Trinajstić information content (AvgIpc) is 2.72. The summed E-state index contributed by atoms with van der Waals surface area (Å²) in [7, 11) is 0. The zero-order valence-electron chi connectivity index (χ0n) is 17.8. The van der Waals surface area contributed by atoms with E-state index in [2.05, 4.69) is 48.0 Å². The highest BCUT2D eigenvalue weighted by molar-refractivity contribution is 5.94. The Labute approximate surface area is 174 Å². The molecule has 0 aliphatic carbocycles. The molecule has 1 N–H and O–H groups in total. The van der Waals surface area contributed by atoms with E-state index in [1.165, 1.54) is 18.5 Å². The molecule has 0 radical (unpaired) electrons. The van der Waals surface area contributed by atoms with E-state index in [4.69, 9.17) is 4.74 Å². The van der Waals surface area contributed by atoms with Gasteiger partial charge in [-0.2, -0.15) is 0 Å². The summed E-state index contributed by atoms with van der Waals surface area (Å²) in [5.41, 5.74) is 3.90. The van der Waals surface area contributed by atoms with Crippen LogP contribution in [0.4, 0.5) is 5.69 Å². The zero-order chi connectivity index (χ0) is 20.8. The smallest absolute Gasteiger partial charge is 0.251 e. The van der Waals surface area contributed by atoms with Crippen molar-refractivity contribution < 1.29 is 9.53 Å². The molecule has 1 amide bonds. The number of rotatable bonds is 7. The van der Waals surface area contributed by atoms with Crippen LogP contribution in [-0.2, 0) is 0 Å². The Morgan fingerprint density at radius 3 is 2.72 bits per heavy atom. The second-order valence-corrected chi connectivity index (χ2v) is 8.25. The summed E-state index contributed by atoms with van der Waals surface area (Å²) in [6, 6.07) is 15.8. The summed E-state index contributed by atoms with van der Waals surface area (Å²) in [5, 5.41) is 3.08. The first-order chi connectivity index (χ1) is 13.9. The van der Waals surface area contributed by atoms with Crippen molar-refractivity contribution in [1.29, 1.82) is 0 Å². The Morgan fingerprint density at radius 2 is 2.03 bits per heavy atom. The summed E-state index contributed by atoms with van der Waals surface area (Å²) in [6.07, 6.45) is 2.57. The quantitative estimate of drug-likeness (QED) is 0.644. The predicted molar refractivity (Wildman–Crippen MR) is 120 cm³/mol. The minimum absolute atomic E-state index is 0.0724. The van der Waals surface area contributed by atoms with Crippen LogP contribution in [0.15, 0.2) is 60.7 Å². The monoisotopic (exact) mass is 392 g/mol. The lowest BCUT2D eigenvalue weighted by Gasteiger charge is -2.33. The molecule has 1 aliphatic heterocycles. The molecule has 0 unspecified atom stereocenters. The van der Waals surface area contributed by atoms with Gasteiger partial charge in [0.25, 0.3) is 5.91 Å². The number of hydrogen-bond donors (Lipinski definition) is 1. The van der Waals surface area contributed by atoms with Crippen molar-refractivity contribution >= 4 is 11.6 Å².